The number of nitrogens with two attached hydrogens (primary N) is 1. The molecule has 0 radical (unpaired) electrons. The van der Waals surface area contributed by atoms with Crippen LogP contribution in [-0.4, -0.2) is 77.3 Å². The van der Waals surface area contributed by atoms with Gasteiger partial charge in [-0.05, 0) is 31.4 Å². The van der Waals surface area contributed by atoms with Crippen LogP contribution < -0.4 is 5.73 Å². The number of anilines is 1. The largest absolute Gasteiger partial charge is 0.393 e. The Morgan fingerprint density at radius 3 is 2.30 bits per heavy atom. The molecule has 146 valence electrons. The zero-order chi connectivity index (χ0) is 19.4. The number of amides is 2. The highest BCUT2D eigenvalue weighted by molar-refractivity contribution is 5.95. The molecule has 9 nitrogen and oxygen atoms in total. The number of rotatable bonds is 4. The molecule has 0 atom stereocenters. The average molecular weight is 375 g/mol. The fraction of sp³-hybridized carbons (Fsp3) is 0.556. The van der Waals surface area contributed by atoms with Crippen molar-refractivity contribution in [3.8, 4) is 0 Å². The number of piperidine rings is 1. The van der Waals surface area contributed by atoms with Crippen LogP contribution in [0.2, 0.25) is 0 Å². The van der Waals surface area contributed by atoms with Gasteiger partial charge in [-0.1, -0.05) is 0 Å². The predicted octanol–water partition coefficient (Wildman–Crippen LogP) is 0.947. The van der Waals surface area contributed by atoms with Crippen molar-refractivity contribution in [2.75, 3.05) is 51.5 Å². The van der Waals surface area contributed by atoms with Gasteiger partial charge in [-0.25, -0.2) is 0 Å². The first-order valence-electron chi connectivity index (χ1n) is 9.29. The number of carbonyl (C=O) groups is 2. The van der Waals surface area contributed by atoms with Crippen molar-refractivity contribution >= 4 is 23.2 Å². The van der Waals surface area contributed by atoms with E-state index in [0.717, 1.165) is 25.9 Å². The van der Waals surface area contributed by atoms with Crippen LogP contribution in [0.15, 0.2) is 18.2 Å². The van der Waals surface area contributed by atoms with Crippen molar-refractivity contribution in [3.05, 3.63) is 33.9 Å². The molecule has 0 spiro atoms. The van der Waals surface area contributed by atoms with Crippen LogP contribution in [0.25, 0.3) is 0 Å². The maximum atomic E-state index is 12.6. The molecule has 2 saturated heterocycles. The minimum Gasteiger partial charge on any atom is -0.393 e. The van der Waals surface area contributed by atoms with E-state index in [9.17, 15) is 19.7 Å². The summed E-state index contributed by atoms with van der Waals surface area (Å²) in [7, 11) is 0. The molecule has 0 saturated carbocycles. The summed E-state index contributed by atoms with van der Waals surface area (Å²) in [6.45, 7) is 4.27. The van der Waals surface area contributed by atoms with E-state index < -0.39 is 4.92 Å². The van der Waals surface area contributed by atoms with Gasteiger partial charge in [-0.2, -0.15) is 0 Å². The molecular weight excluding hydrogens is 350 g/mol. The van der Waals surface area contributed by atoms with Crippen LogP contribution in [0.5, 0.6) is 0 Å². The van der Waals surface area contributed by atoms with E-state index in [4.69, 9.17) is 5.73 Å². The smallest absolute Gasteiger partial charge is 0.292 e. The van der Waals surface area contributed by atoms with Gasteiger partial charge < -0.3 is 15.5 Å². The van der Waals surface area contributed by atoms with E-state index >= 15 is 0 Å². The van der Waals surface area contributed by atoms with Crippen molar-refractivity contribution in [3.63, 3.8) is 0 Å². The zero-order valence-electron chi connectivity index (χ0n) is 15.3. The first-order chi connectivity index (χ1) is 13.0. The van der Waals surface area contributed by atoms with Crippen molar-refractivity contribution in [2.24, 2.45) is 0 Å². The van der Waals surface area contributed by atoms with Crippen LogP contribution in [0.4, 0.5) is 11.4 Å². The maximum absolute atomic E-state index is 12.6. The molecule has 9 heteroatoms. The standard InChI is InChI=1S/C18H25N5O4/c19-15-5-4-14(12-16(15)23(26)27)18(25)22-10-8-20(9-11-22)13-17(24)21-6-2-1-3-7-21/h4-5,12H,1-3,6-11,13,19H2. The number of nitrogen functional groups attached to an aromatic ring is 1. The van der Waals surface area contributed by atoms with Gasteiger partial charge in [0, 0.05) is 50.9 Å². The first-order valence-corrected chi connectivity index (χ1v) is 9.29. The van der Waals surface area contributed by atoms with Crippen molar-refractivity contribution < 1.29 is 14.5 Å². The molecule has 2 aliphatic rings. The second kappa shape index (κ2) is 8.34. The van der Waals surface area contributed by atoms with Crippen molar-refractivity contribution in [1.82, 2.24) is 14.7 Å². The van der Waals surface area contributed by atoms with Gasteiger partial charge >= 0.3 is 0 Å². The van der Waals surface area contributed by atoms with E-state index in [1.807, 2.05) is 4.90 Å². The Morgan fingerprint density at radius 2 is 1.67 bits per heavy atom. The molecular formula is C18H25N5O4. The second-order valence-electron chi connectivity index (χ2n) is 7.04. The lowest BCUT2D eigenvalue weighted by Crippen LogP contribution is -2.52. The molecule has 1 aromatic rings. The summed E-state index contributed by atoms with van der Waals surface area (Å²) in [6.07, 6.45) is 3.33. The highest BCUT2D eigenvalue weighted by Crippen LogP contribution is 2.23. The summed E-state index contributed by atoms with van der Waals surface area (Å²) in [6, 6.07) is 4.12. The van der Waals surface area contributed by atoms with Gasteiger partial charge in [-0.15, -0.1) is 0 Å². The number of nitro benzene ring substituents is 1. The van der Waals surface area contributed by atoms with Gasteiger partial charge in [0.25, 0.3) is 11.6 Å². The van der Waals surface area contributed by atoms with E-state index in [2.05, 4.69) is 4.90 Å². The molecule has 2 fully saturated rings. The molecule has 2 aliphatic heterocycles. The lowest BCUT2D eigenvalue weighted by Gasteiger charge is -2.36. The van der Waals surface area contributed by atoms with Crippen molar-refractivity contribution in [2.45, 2.75) is 19.3 Å². The quantitative estimate of drug-likeness (QED) is 0.476. The van der Waals surface area contributed by atoms with Crippen molar-refractivity contribution in [1.29, 1.82) is 0 Å². The normalized spacial score (nSPS) is 18.4. The Balaban J connectivity index is 1.54. The number of hydrogen-bond donors (Lipinski definition) is 1. The zero-order valence-corrected chi connectivity index (χ0v) is 15.3. The van der Waals surface area contributed by atoms with Gasteiger partial charge in [0.2, 0.25) is 5.91 Å². The number of benzene rings is 1. The Bertz CT molecular complexity index is 724. The number of piperazine rings is 1. The average Bonchev–Trinajstić information content (AvgIpc) is 2.69. The molecule has 0 aliphatic carbocycles. The third-order valence-electron chi connectivity index (χ3n) is 5.20. The summed E-state index contributed by atoms with van der Waals surface area (Å²) < 4.78 is 0. The number of carbonyl (C=O) groups excluding carboxylic acids is 2. The molecule has 0 unspecified atom stereocenters. The molecule has 0 aromatic heterocycles. The van der Waals surface area contributed by atoms with Crippen LogP contribution in [0, 0.1) is 10.1 Å². The van der Waals surface area contributed by atoms with Crippen LogP contribution >= 0.6 is 0 Å². The highest BCUT2D eigenvalue weighted by atomic mass is 16.6. The predicted molar refractivity (Wildman–Crippen MR) is 100 cm³/mol. The highest BCUT2D eigenvalue weighted by Gasteiger charge is 2.26. The molecule has 27 heavy (non-hydrogen) atoms. The minimum absolute atomic E-state index is 0.0394. The number of nitrogens with zero attached hydrogens (tertiary/aromatic N) is 4. The van der Waals surface area contributed by atoms with E-state index in [-0.39, 0.29) is 28.8 Å². The van der Waals surface area contributed by atoms with Gasteiger partial charge in [0.05, 0.1) is 11.5 Å². The lowest BCUT2D eigenvalue weighted by molar-refractivity contribution is -0.383. The third kappa shape index (κ3) is 4.54. The fourth-order valence-electron chi connectivity index (χ4n) is 3.56. The summed E-state index contributed by atoms with van der Waals surface area (Å²) >= 11 is 0. The summed E-state index contributed by atoms with van der Waals surface area (Å²) in [4.78, 5) is 41.1. The topological polar surface area (TPSA) is 113 Å². The van der Waals surface area contributed by atoms with E-state index in [1.165, 1.54) is 24.6 Å². The summed E-state index contributed by atoms with van der Waals surface area (Å²) in [5.74, 6) is -0.0938. The molecule has 2 heterocycles. The van der Waals surface area contributed by atoms with Gasteiger partial charge in [-0.3, -0.25) is 24.6 Å². The van der Waals surface area contributed by atoms with E-state index in [0.29, 0.717) is 32.7 Å². The second-order valence-corrected chi connectivity index (χ2v) is 7.04. The van der Waals surface area contributed by atoms with Crippen LogP contribution in [-0.2, 0) is 4.79 Å². The fourth-order valence-corrected chi connectivity index (χ4v) is 3.56. The monoisotopic (exact) mass is 375 g/mol. The van der Waals surface area contributed by atoms with E-state index in [1.54, 1.807) is 4.90 Å². The van der Waals surface area contributed by atoms with Gasteiger partial charge in [0.15, 0.2) is 0 Å². The molecule has 2 N–H and O–H groups in total. The number of likely N-dealkylation sites (tertiary alicyclic amines) is 1. The third-order valence-corrected chi connectivity index (χ3v) is 5.20. The molecule has 3 rings (SSSR count). The first kappa shape index (κ1) is 19.1. The van der Waals surface area contributed by atoms with Crippen LogP contribution in [0.1, 0.15) is 29.6 Å². The molecule has 1 aromatic carbocycles. The Hall–Kier alpha value is -2.68. The minimum atomic E-state index is -0.587. The SMILES string of the molecule is Nc1ccc(C(=O)N2CCN(CC(=O)N3CCCCC3)CC2)cc1[N+](=O)[O-]. The molecule has 0 bridgehead atoms. The maximum Gasteiger partial charge on any atom is 0.292 e. The summed E-state index contributed by atoms with van der Waals surface area (Å²) in [5.41, 5.74) is 5.63. The molecule has 2 amide bonds. The van der Waals surface area contributed by atoms with Crippen LogP contribution in [0.3, 0.4) is 0 Å². The Morgan fingerprint density at radius 1 is 1.00 bits per heavy atom. The Labute approximate surface area is 157 Å². The summed E-state index contributed by atoms with van der Waals surface area (Å²) in [5, 5.41) is 11.0. The lowest BCUT2D eigenvalue weighted by atomic mass is 10.1. The Kier molecular flexibility index (Phi) is 5.90. The number of nitro groups is 1. The van der Waals surface area contributed by atoms with Gasteiger partial charge in [0.1, 0.15) is 5.69 Å². The number of hydrogen-bond acceptors (Lipinski definition) is 6.